The molecule has 4 heteroatoms. The first-order valence-corrected chi connectivity index (χ1v) is 5.45. The largest absolute Gasteiger partial charge is 0.497 e. The molecule has 0 saturated carbocycles. The minimum absolute atomic E-state index is 0.566. The van der Waals surface area contributed by atoms with E-state index in [1.165, 1.54) is 0 Å². The topological polar surface area (TPSA) is 48.1 Å². The predicted octanol–water partition coefficient (Wildman–Crippen LogP) is 2.40. The molecule has 0 atom stereocenters. The van der Waals surface area contributed by atoms with E-state index in [1.54, 1.807) is 13.3 Å². The Bertz CT molecular complexity index is 514. The van der Waals surface area contributed by atoms with Gasteiger partial charge in [0.05, 0.1) is 17.6 Å². The van der Waals surface area contributed by atoms with Crippen molar-refractivity contribution in [3.8, 4) is 5.75 Å². The number of fused-ring (bicyclic) bond motifs is 1. The number of hydrogen-bond acceptors (Lipinski definition) is 3. The van der Waals surface area contributed by atoms with Crippen LogP contribution in [0, 0.1) is 0 Å². The van der Waals surface area contributed by atoms with E-state index in [2.05, 4.69) is 4.98 Å². The minimum Gasteiger partial charge on any atom is -0.497 e. The van der Waals surface area contributed by atoms with Crippen LogP contribution in [-0.2, 0) is 6.42 Å². The fraction of sp³-hybridized carbons (Fsp3) is 0.250. The van der Waals surface area contributed by atoms with Crippen molar-refractivity contribution < 1.29 is 4.74 Å². The van der Waals surface area contributed by atoms with E-state index < -0.39 is 0 Å². The van der Waals surface area contributed by atoms with E-state index in [0.29, 0.717) is 11.6 Å². The SMILES string of the molecule is COc1ccc2ncc(Cl)c(CCN)c2c1. The van der Waals surface area contributed by atoms with Crippen molar-refractivity contribution in [2.24, 2.45) is 5.73 Å². The fourth-order valence-electron chi connectivity index (χ4n) is 1.73. The number of methoxy groups -OCH3 is 1. The average Bonchev–Trinajstić information content (AvgIpc) is 2.32. The number of hydrogen-bond donors (Lipinski definition) is 1. The fourth-order valence-corrected chi connectivity index (χ4v) is 1.97. The van der Waals surface area contributed by atoms with Gasteiger partial charge >= 0.3 is 0 Å². The summed E-state index contributed by atoms with van der Waals surface area (Å²) in [6.45, 7) is 0.566. The Morgan fingerprint density at radius 3 is 2.94 bits per heavy atom. The van der Waals surface area contributed by atoms with Gasteiger partial charge in [-0.05, 0) is 36.7 Å². The van der Waals surface area contributed by atoms with Gasteiger partial charge in [-0.2, -0.15) is 0 Å². The number of rotatable bonds is 3. The summed E-state index contributed by atoms with van der Waals surface area (Å²) in [5.74, 6) is 0.801. The Hall–Kier alpha value is -1.32. The smallest absolute Gasteiger partial charge is 0.119 e. The number of benzene rings is 1. The third-order valence-corrected chi connectivity index (χ3v) is 2.85. The maximum absolute atomic E-state index is 6.12. The van der Waals surface area contributed by atoms with Crippen LogP contribution in [-0.4, -0.2) is 18.6 Å². The molecule has 2 aromatic rings. The lowest BCUT2D eigenvalue weighted by molar-refractivity contribution is 0.415. The van der Waals surface area contributed by atoms with E-state index in [0.717, 1.165) is 28.6 Å². The van der Waals surface area contributed by atoms with Crippen LogP contribution < -0.4 is 10.5 Å². The van der Waals surface area contributed by atoms with E-state index in [-0.39, 0.29) is 0 Å². The normalized spacial score (nSPS) is 10.7. The number of ether oxygens (including phenoxy) is 1. The molecule has 0 aliphatic heterocycles. The molecule has 0 aliphatic carbocycles. The highest BCUT2D eigenvalue weighted by Crippen LogP contribution is 2.27. The lowest BCUT2D eigenvalue weighted by atomic mass is 10.1. The number of nitrogens with zero attached hydrogens (tertiary/aromatic N) is 1. The lowest BCUT2D eigenvalue weighted by Gasteiger charge is -2.08. The van der Waals surface area contributed by atoms with Gasteiger partial charge in [0.15, 0.2) is 0 Å². The van der Waals surface area contributed by atoms with Crippen molar-refractivity contribution >= 4 is 22.5 Å². The van der Waals surface area contributed by atoms with E-state index in [1.807, 2.05) is 18.2 Å². The molecular weight excluding hydrogens is 224 g/mol. The molecule has 1 aromatic heterocycles. The molecule has 0 unspecified atom stereocenters. The molecule has 84 valence electrons. The standard InChI is InChI=1S/C12H13ClN2O/c1-16-8-2-3-12-10(6-8)9(4-5-14)11(13)7-15-12/h2-3,6-7H,4-5,14H2,1H3. The summed E-state index contributed by atoms with van der Waals surface area (Å²) in [6.07, 6.45) is 2.41. The van der Waals surface area contributed by atoms with Gasteiger partial charge in [0.2, 0.25) is 0 Å². The van der Waals surface area contributed by atoms with Crippen molar-refractivity contribution in [3.05, 3.63) is 35.0 Å². The summed E-state index contributed by atoms with van der Waals surface area (Å²) >= 11 is 6.12. The molecule has 0 spiro atoms. The molecule has 1 aromatic carbocycles. The highest BCUT2D eigenvalue weighted by molar-refractivity contribution is 6.32. The van der Waals surface area contributed by atoms with Crippen molar-refractivity contribution in [2.75, 3.05) is 13.7 Å². The third-order valence-electron chi connectivity index (χ3n) is 2.53. The summed E-state index contributed by atoms with van der Waals surface area (Å²) in [5.41, 5.74) is 7.53. The van der Waals surface area contributed by atoms with Crippen LogP contribution >= 0.6 is 11.6 Å². The van der Waals surface area contributed by atoms with Crippen LogP contribution in [0.2, 0.25) is 5.02 Å². The Kier molecular flexibility index (Phi) is 3.27. The second-order valence-electron chi connectivity index (χ2n) is 3.51. The Balaban J connectivity index is 2.67. The van der Waals surface area contributed by atoms with Crippen LogP contribution in [0.3, 0.4) is 0 Å². The molecule has 3 nitrogen and oxygen atoms in total. The van der Waals surface area contributed by atoms with Crippen LogP contribution in [0.1, 0.15) is 5.56 Å². The molecule has 0 bridgehead atoms. The maximum atomic E-state index is 6.12. The van der Waals surface area contributed by atoms with Gasteiger partial charge in [0, 0.05) is 11.6 Å². The van der Waals surface area contributed by atoms with Crippen LogP contribution in [0.15, 0.2) is 24.4 Å². The van der Waals surface area contributed by atoms with Crippen molar-refractivity contribution in [3.63, 3.8) is 0 Å². The van der Waals surface area contributed by atoms with E-state index in [9.17, 15) is 0 Å². The summed E-state index contributed by atoms with van der Waals surface area (Å²) in [6, 6.07) is 5.75. The lowest BCUT2D eigenvalue weighted by Crippen LogP contribution is -2.04. The van der Waals surface area contributed by atoms with Gasteiger partial charge in [-0.1, -0.05) is 11.6 Å². The second kappa shape index (κ2) is 4.68. The second-order valence-corrected chi connectivity index (χ2v) is 3.91. The zero-order valence-corrected chi connectivity index (χ0v) is 9.79. The summed E-state index contributed by atoms with van der Waals surface area (Å²) in [4.78, 5) is 4.27. The van der Waals surface area contributed by atoms with Crippen molar-refractivity contribution in [2.45, 2.75) is 6.42 Å². The van der Waals surface area contributed by atoms with Crippen molar-refractivity contribution in [1.29, 1.82) is 0 Å². The highest BCUT2D eigenvalue weighted by Gasteiger charge is 2.07. The molecule has 0 aliphatic rings. The van der Waals surface area contributed by atoms with Crippen LogP contribution in [0.4, 0.5) is 0 Å². The predicted molar refractivity (Wildman–Crippen MR) is 66.1 cm³/mol. The maximum Gasteiger partial charge on any atom is 0.119 e. The van der Waals surface area contributed by atoms with E-state index in [4.69, 9.17) is 22.1 Å². The van der Waals surface area contributed by atoms with Crippen molar-refractivity contribution in [1.82, 2.24) is 4.98 Å². The Morgan fingerprint density at radius 2 is 2.25 bits per heavy atom. The number of nitrogens with two attached hydrogens (primary N) is 1. The summed E-state index contributed by atoms with van der Waals surface area (Å²) in [7, 11) is 1.64. The first kappa shape index (κ1) is 11.2. The molecule has 16 heavy (non-hydrogen) atoms. The van der Waals surface area contributed by atoms with E-state index >= 15 is 0 Å². The molecule has 2 rings (SSSR count). The van der Waals surface area contributed by atoms with Gasteiger partial charge in [-0.15, -0.1) is 0 Å². The zero-order chi connectivity index (χ0) is 11.5. The zero-order valence-electron chi connectivity index (χ0n) is 9.03. The van der Waals surface area contributed by atoms with Crippen LogP contribution in [0.25, 0.3) is 10.9 Å². The molecule has 0 radical (unpaired) electrons. The number of halogens is 1. The number of aromatic nitrogens is 1. The van der Waals surface area contributed by atoms with Gasteiger partial charge < -0.3 is 10.5 Å². The number of pyridine rings is 1. The van der Waals surface area contributed by atoms with Gasteiger partial charge in [0.25, 0.3) is 0 Å². The van der Waals surface area contributed by atoms with Gasteiger partial charge in [-0.3, -0.25) is 4.98 Å². The van der Waals surface area contributed by atoms with Gasteiger partial charge in [-0.25, -0.2) is 0 Å². The molecule has 1 heterocycles. The summed E-state index contributed by atoms with van der Waals surface area (Å²) in [5, 5.41) is 1.67. The third kappa shape index (κ3) is 1.96. The monoisotopic (exact) mass is 236 g/mol. The molecular formula is C12H13ClN2O. The average molecular weight is 237 g/mol. The molecule has 0 amide bonds. The quantitative estimate of drug-likeness (QED) is 0.890. The highest BCUT2D eigenvalue weighted by atomic mass is 35.5. The van der Waals surface area contributed by atoms with Crippen LogP contribution in [0.5, 0.6) is 5.75 Å². The first-order valence-electron chi connectivity index (χ1n) is 5.07. The summed E-state index contributed by atoms with van der Waals surface area (Å²) < 4.78 is 5.19. The Labute approximate surface area is 99.2 Å². The first-order chi connectivity index (χ1) is 7.76. The van der Waals surface area contributed by atoms with Gasteiger partial charge in [0.1, 0.15) is 5.75 Å². The minimum atomic E-state index is 0.566. The molecule has 2 N–H and O–H groups in total. The molecule has 0 saturated heterocycles. The Morgan fingerprint density at radius 1 is 1.44 bits per heavy atom. The molecule has 0 fully saturated rings.